The van der Waals surface area contributed by atoms with E-state index in [4.69, 9.17) is 0 Å². The van der Waals surface area contributed by atoms with Gasteiger partial charge in [-0.1, -0.05) is 12.1 Å². The minimum Gasteiger partial charge on any atom is -0.313 e. The van der Waals surface area contributed by atoms with Crippen molar-refractivity contribution in [1.82, 2.24) is 14.6 Å². The number of pyridine rings is 1. The van der Waals surface area contributed by atoms with Gasteiger partial charge in [0, 0.05) is 32.0 Å². The van der Waals surface area contributed by atoms with Gasteiger partial charge < -0.3 is 5.32 Å². The molecule has 1 aromatic heterocycles. The molecule has 2 aromatic rings. The molecule has 24 heavy (non-hydrogen) atoms. The van der Waals surface area contributed by atoms with Gasteiger partial charge >= 0.3 is 0 Å². The normalized spacial score (nSPS) is 18.8. The first-order chi connectivity index (χ1) is 11.0. The van der Waals surface area contributed by atoms with Gasteiger partial charge in [-0.3, -0.25) is 4.98 Å². The number of benzene rings is 1. The molecule has 1 fully saturated rings. The molecule has 1 aliphatic rings. The van der Waals surface area contributed by atoms with Gasteiger partial charge in [0.25, 0.3) is 0 Å². The van der Waals surface area contributed by atoms with Crippen LogP contribution in [0, 0.1) is 11.6 Å². The Morgan fingerprint density at radius 2 is 1.88 bits per heavy atom. The molecule has 1 aliphatic heterocycles. The molecule has 5 nitrogen and oxygen atoms in total. The minimum atomic E-state index is -4.31. The highest BCUT2D eigenvalue weighted by Crippen LogP contribution is 2.30. The van der Waals surface area contributed by atoms with Crippen LogP contribution in [-0.2, 0) is 10.0 Å². The number of hydrogen-bond acceptors (Lipinski definition) is 4. The number of rotatable bonds is 3. The van der Waals surface area contributed by atoms with E-state index in [0.29, 0.717) is 18.7 Å². The Balaban J connectivity index is 0.00000208. The van der Waals surface area contributed by atoms with E-state index < -0.39 is 32.6 Å². The lowest BCUT2D eigenvalue weighted by molar-refractivity contribution is 0.269. The predicted octanol–water partition coefficient (Wildman–Crippen LogP) is 2.12. The standard InChI is InChI=1S/C15H15F2N3O2S.ClH/c16-12-4-1-5-13(17)15(12)23(21,22)20-8-7-19-10-14(20)11-3-2-6-18-9-11;/h1-6,9,14,19H,7-8,10H2;1H. The Morgan fingerprint density at radius 1 is 1.17 bits per heavy atom. The molecule has 0 saturated carbocycles. The zero-order chi connectivity index (χ0) is 16.4. The fraction of sp³-hybridized carbons (Fsp3) is 0.267. The maximum atomic E-state index is 14.0. The van der Waals surface area contributed by atoms with E-state index in [1.165, 1.54) is 0 Å². The van der Waals surface area contributed by atoms with E-state index in [1.54, 1.807) is 24.5 Å². The van der Waals surface area contributed by atoms with Crippen LogP contribution in [0.2, 0.25) is 0 Å². The molecule has 0 radical (unpaired) electrons. The molecular formula is C15H16ClF2N3O2S. The predicted molar refractivity (Wildman–Crippen MR) is 87.3 cm³/mol. The van der Waals surface area contributed by atoms with Crippen LogP contribution < -0.4 is 5.32 Å². The molecule has 1 aromatic carbocycles. The van der Waals surface area contributed by atoms with Crippen molar-refractivity contribution in [1.29, 1.82) is 0 Å². The van der Waals surface area contributed by atoms with Crippen molar-refractivity contribution in [3.05, 3.63) is 59.9 Å². The molecule has 1 unspecified atom stereocenters. The largest absolute Gasteiger partial charge is 0.313 e. The first-order valence-electron chi connectivity index (χ1n) is 7.08. The van der Waals surface area contributed by atoms with Crippen molar-refractivity contribution in [2.24, 2.45) is 0 Å². The molecule has 1 atom stereocenters. The highest BCUT2D eigenvalue weighted by molar-refractivity contribution is 7.89. The van der Waals surface area contributed by atoms with Gasteiger partial charge in [-0.25, -0.2) is 17.2 Å². The van der Waals surface area contributed by atoms with Crippen molar-refractivity contribution in [2.75, 3.05) is 19.6 Å². The number of aromatic nitrogens is 1. The molecule has 0 bridgehead atoms. The molecule has 1 N–H and O–H groups in total. The summed E-state index contributed by atoms with van der Waals surface area (Å²) in [5, 5.41) is 3.09. The van der Waals surface area contributed by atoms with Gasteiger partial charge in [0.1, 0.15) is 11.6 Å². The second-order valence-corrected chi connectivity index (χ2v) is 7.00. The highest BCUT2D eigenvalue weighted by atomic mass is 35.5. The molecule has 0 aliphatic carbocycles. The second-order valence-electron chi connectivity index (χ2n) is 5.17. The van der Waals surface area contributed by atoms with E-state index in [9.17, 15) is 17.2 Å². The maximum absolute atomic E-state index is 14.0. The van der Waals surface area contributed by atoms with Crippen molar-refractivity contribution < 1.29 is 17.2 Å². The van der Waals surface area contributed by atoms with Gasteiger partial charge in [-0.05, 0) is 23.8 Å². The SMILES string of the molecule is Cl.O=S(=O)(c1c(F)cccc1F)N1CCNCC1c1cccnc1. The van der Waals surface area contributed by atoms with E-state index in [-0.39, 0.29) is 19.0 Å². The number of sulfonamides is 1. The fourth-order valence-corrected chi connectivity index (χ4v) is 4.40. The van der Waals surface area contributed by atoms with Gasteiger partial charge in [0.2, 0.25) is 10.0 Å². The zero-order valence-corrected chi connectivity index (χ0v) is 14.2. The van der Waals surface area contributed by atoms with Crippen molar-refractivity contribution in [2.45, 2.75) is 10.9 Å². The second kappa shape index (κ2) is 7.52. The van der Waals surface area contributed by atoms with E-state index in [1.807, 2.05) is 0 Å². The Hall–Kier alpha value is -1.61. The average Bonchev–Trinajstić information content (AvgIpc) is 2.55. The third-order valence-electron chi connectivity index (χ3n) is 3.75. The summed E-state index contributed by atoms with van der Waals surface area (Å²) >= 11 is 0. The topological polar surface area (TPSA) is 62.3 Å². The molecule has 1 saturated heterocycles. The van der Waals surface area contributed by atoms with Crippen LogP contribution in [0.5, 0.6) is 0 Å². The lowest BCUT2D eigenvalue weighted by Crippen LogP contribution is -2.48. The number of hydrogen-bond donors (Lipinski definition) is 1. The summed E-state index contributed by atoms with van der Waals surface area (Å²) < 4.78 is 54.7. The van der Waals surface area contributed by atoms with Crippen LogP contribution in [0.4, 0.5) is 8.78 Å². The quantitative estimate of drug-likeness (QED) is 0.892. The number of nitrogens with one attached hydrogen (secondary N) is 1. The summed E-state index contributed by atoms with van der Waals surface area (Å²) in [6.07, 6.45) is 3.13. The summed E-state index contributed by atoms with van der Waals surface area (Å²) in [6.45, 7) is 0.878. The van der Waals surface area contributed by atoms with Gasteiger partial charge in [-0.2, -0.15) is 4.31 Å². The summed E-state index contributed by atoms with van der Waals surface area (Å²) in [5.74, 6) is -2.18. The Morgan fingerprint density at radius 3 is 2.50 bits per heavy atom. The van der Waals surface area contributed by atoms with E-state index in [2.05, 4.69) is 10.3 Å². The molecule has 9 heteroatoms. The zero-order valence-electron chi connectivity index (χ0n) is 12.5. The third-order valence-corrected chi connectivity index (χ3v) is 5.71. The van der Waals surface area contributed by atoms with E-state index in [0.717, 1.165) is 22.5 Å². The first-order valence-corrected chi connectivity index (χ1v) is 8.52. The monoisotopic (exact) mass is 375 g/mol. The third kappa shape index (κ3) is 3.41. The van der Waals surface area contributed by atoms with Crippen LogP contribution in [0.3, 0.4) is 0 Å². The lowest BCUT2D eigenvalue weighted by Gasteiger charge is -2.35. The van der Waals surface area contributed by atoms with Crippen molar-refractivity contribution >= 4 is 22.4 Å². The summed E-state index contributed by atoms with van der Waals surface area (Å²) in [5.41, 5.74) is 0.667. The maximum Gasteiger partial charge on any atom is 0.249 e. The Labute approximate surface area is 145 Å². The van der Waals surface area contributed by atoms with Crippen LogP contribution >= 0.6 is 12.4 Å². The summed E-state index contributed by atoms with van der Waals surface area (Å²) in [4.78, 5) is 3.08. The van der Waals surface area contributed by atoms with Crippen LogP contribution in [0.15, 0.2) is 47.6 Å². The van der Waals surface area contributed by atoms with Gasteiger partial charge in [0.15, 0.2) is 4.90 Å². The average molecular weight is 376 g/mol. The fourth-order valence-electron chi connectivity index (χ4n) is 2.68. The first kappa shape index (κ1) is 18.7. The number of nitrogens with zero attached hydrogens (tertiary/aromatic N) is 2. The number of halogens is 3. The molecule has 3 rings (SSSR count). The molecule has 0 amide bonds. The Kier molecular flexibility index (Phi) is 5.87. The van der Waals surface area contributed by atoms with Gasteiger partial charge in [0.05, 0.1) is 6.04 Å². The lowest BCUT2D eigenvalue weighted by atomic mass is 10.1. The Bertz CT molecular complexity index is 785. The summed E-state index contributed by atoms with van der Waals surface area (Å²) in [7, 11) is -4.31. The summed E-state index contributed by atoms with van der Waals surface area (Å²) in [6, 6.07) is 5.89. The molecule has 0 spiro atoms. The van der Waals surface area contributed by atoms with E-state index >= 15 is 0 Å². The minimum absolute atomic E-state index is 0. The highest BCUT2D eigenvalue weighted by Gasteiger charge is 2.37. The number of piperazine rings is 1. The molecule has 130 valence electrons. The smallest absolute Gasteiger partial charge is 0.249 e. The van der Waals surface area contributed by atoms with Crippen LogP contribution in [0.25, 0.3) is 0 Å². The van der Waals surface area contributed by atoms with Crippen molar-refractivity contribution in [3.63, 3.8) is 0 Å². The molecule has 2 heterocycles. The molecular weight excluding hydrogens is 360 g/mol. The van der Waals surface area contributed by atoms with Crippen molar-refractivity contribution in [3.8, 4) is 0 Å². The van der Waals surface area contributed by atoms with Gasteiger partial charge in [-0.15, -0.1) is 12.4 Å². The van der Waals surface area contributed by atoms with Crippen LogP contribution in [-0.4, -0.2) is 37.3 Å². The van der Waals surface area contributed by atoms with Crippen LogP contribution in [0.1, 0.15) is 11.6 Å².